The van der Waals surface area contributed by atoms with Crippen molar-refractivity contribution in [2.75, 3.05) is 13.2 Å². The predicted octanol–water partition coefficient (Wildman–Crippen LogP) is 3.27. The van der Waals surface area contributed by atoms with Gasteiger partial charge in [0.2, 0.25) is 5.91 Å². The molecule has 0 atom stereocenters. The summed E-state index contributed by atoms with van der Waals surface area (Å²) in [5.74, 6) is 1.40. The summed E-state index contributed by atoms with van der Waals surface area (Å²) in [5.41, 5.74) is 5.53. The van der Waals surface area contributed by atoms with Crippen LogP contribution in [0.3, 0.4) is 0 Å². The molecule has 2 aromatic carbocycles. The van der Waals surface area contributed by atoms with Gasteiger partial charge in [0.1, 0.15) is 11.5 Å². The zero-order valence-corrected chi connectivity index (χ0v) is 12.4. The van der Waals surface area contributed by atoms with Gasteiger partial charge in [-0.3, -0.25) is 4.79 Å². The molecule has 2 aromatic rings. The molecule has 0 heterocycles. The maximum absolute atomic E-state index is 10.4. The van der Waals surface area contributed by atoms with Gasteiger partial charge in [-0.05, 0) is 50.2 Å². The molecule has 0 spiro atoms. The number of carbonyl (C=O) groups is 1. The lowest BCUT2D eigenvalue weighted by molar-refractivity contribution is 0.100. The van der Waals surface area contributed by atoms with E-state index in [2.05, 4.69) is 0 Å². The van der Waals surface area contributed by atoms with Gasteiger partial charge in [0.25, 0.3) is 0 Å². The minimum atomic E-state index is -0.379. The minimum Gasteiger partial charge on any atom is -0.494 e. The maximum Gasteiger partial charge on any atom is 0.248 e. The van der Waals surface area contributed by atoms with E-state index in [1.807, 2.05) is 44.2 Å². The Morgan fingerprint density at radius 1 is 0.857 bits per heavy atom. The molecule has 2 rings (SSSR count). The predicted molar refractivity (Wildman–Crippen MR) is 83.7 cm³/mol. The molecule has 0 saturated heterocycles. The Morgan fingerprint density at radius 3 is 1.57 bits per heavy atom. The number of primary amides is 1. The Kier molecular flexibility index (Phi) is 7.43. The van der Waals surface area contributed by atoms with E-state index < -0.39 is 0 Å². The summed E-state index contributed by atoms with van der Waals surface area (Å²) in [7, 11) is 0. The number of benzene rings is 2. The first kappa shape index (κ1) is 16.6. The molecule has 2 N–H and O–H groups in total. The molecule has 0 aliphatic rings. The molecule has 1 amide bonds. The van der Waals surface area contributed by atoms with Gasteiger partial charge in [-0.15, -0.1) is 0 Å². The van der Waals surface area contributed by atoms with Crippen LogP contribution in [0.2, 0.25) is 0 Å². The Labute approximate surface area is 125 Å². The fourth-order valence-corrected chi connectivity index (χ4v) is 1.57. The first-order chi connectivity index (χ1) is 10.2. The van der Waals surface area contributed by atoms with Crippen LogP contribution in [0.15, 0.2) is 54.6 Å². The van der Waals surface area contributed by atoms with E-state index >= 15 is 0 Å². The Hall–Kier alpha value is -2.49. The lowest BCUT2D eigenvalue weighted by atomic mass is 10.2. The third-order valence-corrected chi connectivity index (χ3v) is 2.50. The normalized spacial score (nSPS) is 9.24. The van der Waals surface area contributed by atoms with Gasteiger partial charge in [0.05, 0.1) is 13.2 Å². The summed E-state index contributed by atoms with van der Waals surface area (Å²) in [6.45, 7) is 5.34. The number of rotatable bonds is 5. The standard InChI is InChI=1S/C10H14O2.C7H7NO/c1-3-11-9-5-7-10(8-6-9)12-4-2;8-7(9)6-4-2-1-3-5-6/h5-8H,3-4H2,1-2H3;1-5H,(H2,8,9). The van der Waals surface area contributed by atoms with Crippen LogP contribution >= 0.6 is 0 Å². The molecule has 21 heavy (non-hydrogen) atoms. The number of ether oxygens (including phenoxy) is 2. The molecule has 112 valence electrons. The van der Waals surface area contributed by atoms with Crippen molar-refractivity contribution in [1.82, 2.24) is 0 Å². The van der Waals surface area contributed by atoms with Gasteiger partial charge in [-0.2, -0.15) is 0 Å². The molecule has 0 aliphatic heterocycles. The van der Waals surface area contributed by atoms with Crippen molar-refractivity contribution in [2.45, 2.75) is 13.8 Å². The first-order valence-corrected chi connectivity index (χ1v) is 6.87. The number of carbonyl (C=O) groups excluding carboxylic acids is 1. The average Bonchev–Trinajstić information content (AvgIpc) is 2.51. The molecule has 0 radical (unpaired) electrons. The molecule has 0 bridgehead atoms. The van der Waals surface area contributed by atoms with Crippen molar-refractivity contribution in [3.63, 3.8) is 0 Å². The highest BCUT2D eigenvalue weighted by molar-refractivity contribution is 5.92. The second-order valence-corrected chi connectivity index (χ2v) is 4.07. The third-order valence-electron chi connectivity index (χ3n) is 2.50. The molecule has 0 fully saturated rings. The van der Waals surface area contributed by atoms with E-state index in [9.17, 15) is 4.79 Å². The Bertz CT molecular complexity index is 498. The smallest absolute Gasteiger partial charge is 0.248 e. The minimum absolute atomic E-state index is 0.379. The highest BCUT2D eigenvalue weighted by Crippen LogP contribution is 2.17. The number of nitrogens with two attached hydrogens (primary N) is 1. The Morgan fingerprint density at radius 2 is 1.29 bits per heavy atom. The Balaban J connectivity index is 0.000000219. The van der Waals surface area contributed by atoms with Crippen LogP contribution in [0.4, 0.5) is 0 Å². The molecule has 0 unspecified atom stereocenters. The van der Waals surface area contributed by atoms with E-state index in [1.165, 1.54) is 0 Å². The van der Waals surface area contributed by atoms with Crippen molar-refractivity contribution >= 4 is 5.91 Å². The van der Waals surface area contributed by atoms with Crippen LogP contribution < -0.4 is 15.2 Å². The monoisotopic (exact) mass is 287 g/mol. The van der Waals surface area contributed by atoms with Crippen molar-refractivity contribution in [3.8, 4) is 11.5 Å². The van der Waals surface area contributed by atoms with E-state index in [1.54, 1.807) is 24.3 Å². The van der Waals surface area contributed by atoms with Gasteiger partial charge in [-0.1, -0.05) is 18.2 Å². The summed E-state index contributed by atoms with van der Waals surface area (Å²) in [6, 6.07) is 16.4. The van der Waals surface area contributed by atoms with E-state index in [0.29, 0.717) is 18.8 Å². The topological polar surface area (TPSA) is 61.6 Å². The van der Waals surface area contributed by atoms with Crippen LogP contribution in [-0.4, -0.2) is 19.1 Å². The van der Waals surface area contributed by atoms with Crippen molar-refractivity contribution < 1.29 is 14.3 Å². The van der Waals surface area contributed by atoms with Crippen LogP contribution in [0.5, 0.6) is 11.5 Å². The quantitative estimate of drug-likeness (QED) is 0.918. The van der Waals surface area contributed by atoms with Crippen LogP contribution in [-0.2, 0) is 0 Å². The van der Waals surface area contributed by atoms with E-state index in [0.717, 1.165) is 11.5 Å². The number of hydrogen-bond acceptors (Lipinski definition) is 3. The van der Waals surface area contributed by atoms with Crippen LogP contribution in [0, 0.1) is 0 Å². The zero-order valence-electron chi connectivity index (χ0n) is 12.4. The molecule has 0 aliphatic carbocycles. The van der Waals surface area contributed by atoms with E-state index in [4.69, 9.17) is 15.2 Å². The summed E-state index contributed by atoms with van der Waals surface area (Å²) >= 11 is 0. The third kappa shape index (κ3) is 6.47. The van der Waals surface area contributed by atoms with E-state index in [-0.39, 0.29) is 5.91 Å². The van der Waals surface area contributed by atoms with Gasteiger partial charge >= 0.3 is 0 Å². The summed E-state index contributed by atoms with van der Waals surface area (Å²) in [4.78, 5) is 10.4. The fraction of sp³-hybridized carbons (Fsp3) is 0.235. The SMILES string of the molecule is CCOc1ccc(OCC)cc1.NC(=O)c1ccccc1. The second-order valence-electron chi connectivity index (χ2n) is 4.07. The largest absolute Gasteiger partial charge is 0.494 e. The summed E-state index contributed by atoms with van der Waals surface area (Å²) in [6.07, 6.45) is 0. The molecule has 0 saturated carbocycles. The molecule has 0 aromatic heterocycles. The first-order valence-electron chi connectivity index (χ1n) is 6.87. The van der Waals surface area contributed by atoms with Crippen LogP contribution in [0.1, 0.15) is 24.2 Å². The van der Waals surface area contributed by atoms with Crippen molar-refractivity contribution in [2.24, 2.45) is 5.73 Å². The molecular formula is C17H21NO3. The summed E-state index contributed by atoms with van der Waals surface area (Å²) in [5, 5.41) is 0. The molecular weight excluding hydrogens is 266 g/mol. The lowest BCUT2D eigenvalue weighted by Crippen LogP contribution is -2.09. The number of amides is 1. The molecule has 4 heteroatoms. The van der Waals surface area contributed by atoms with Crippen LogP contribution in [0.25, 0.3) is 0 Å². The lowest BCUT2D eigenvalue weighted by Gasteiger charge is -2.04. The summed E-state index contributed by atoms with van der Waals surface area (Å²) < 4.78 is 10.6. The van der Waals surface area contributed by atoms with Gasteiger partial charge in [0.15, 0.2) is 0 Å². The van der Waals surface area contributed by atoms with Gasteiger partial charge in [-0.25, -0.2) is 0 Å². The van der Waals surface area contributed by atoms with Gasteiger partial charge < -0.3 is 15.2 Å². The average molecular weight is 287 g/mol. The second kappa shape index (κ2) is 9.42. The molecule has 4 nitrogen and oxygen atoms in total. The van der Waals surface area contributed by atoms with Gasteiger partial charge in [0, 0.05) is 5.56 Å². The van der Waals surface area contributed by atoms with Crippen molar-refractivity contribution in [3.05, 3.63) is 60.2 Å². The highest BCUT2D eigenvalue weighted by Gasteiger charge is 1.94. The zero-order chi connectivity index (χ0) is 15.5. The fourth-order valence-electron chi connectivity index (χ4n) is 1.57. The maximum atomic E-state index is 10.4. The highest BCUT2D eigenvalue weighted by atomic mass is 16.5. The van der Waals surface area contributed by atoms with Crippen molar-refractivity contribution in [1.29, 1.82) is 0 Å². The number of hydrogen-bond donors (Lipinski definition) is 1.